The number of rotatable bonds is 5. The molecule has 0 radical (unpaired) electrons. The predicted molar refractivity (Wildman–Crippen MR) is 91.0 cm³/mol. The predicted octanol–water partition coefficient (Wildman–Crippen LogP) is 3.59. The second-order valence-corrected chi connectivity index (χ2v) is 6.59. The monoisotopic (exact) mass is 351 g/mol. The van der Waals surface area contributed by atoms with E-state index in [4.69, 9.17) is 5.73 Å². The van der Waals surface area contributed by atoms with Crippen LogP contribution in [-0.2, 0) is 13.0 Å². The summed E-state index contributed by atoms with van der Waals surface area (Å²) in [4.78, 5) is 12.6. The summed E-state index contributed by atoms with van der Waals surface area (Å²) in [5.74, 6) is 0.454. The number of aromatic nitrogens is 2. The molecule has 114 valence electrons. The Morgan fingerprint density at radius 3 is 2.38 bits per heavy atom. The smallest absolute Gasteiger partial charge is 0.294 e. The maximum Gasteiger partial charge on any atom is 0.294 e. The Labute approximate surface area is 133 Å². The van der Waals surface area contributed by atoms with Gasteiger partial charge >= 0.3 is 0 Å². The van der Waals surface area contributed by atoms with Crippen LogP contribution in [0.2, 0.25) is 0 Å². The van der Waals surface area contributed by atoms with Crippen molar-refractivity contribution in [1.29, 1.82) is 0 Å². The zero-order chi connectivity index (χ0) is 15.6. The Morgan fingerprint density at radius 2 is 1.86 bits per heavy atom. The summed E-state index contributed by atoms with van der Waals surface area (Å²) >= 11 is 3.42. The van der Waals surface area contributed by atoms with Crippen LogP contribution in [0.1, 0.15) is 32.9 Å². The van der Waals surface area contributed by atoms with E-state index in [1.165, 1.54) is 0 Å². The lowest BCUT2D eigenvalue weighted by atomic mass is 10.1. The zero-order valence-corrected chi connectivity index (χ0v) is 14.4. The van der Waals surface area contributed by atoms with Gasteiger partial charge in [-0.2, -0.15) is 0 Å². The highest BCUT2D eigenvalue weighted by atomic mass is 79.9. The number of nitrogen functional groups attached to an aromatic ring is 1. The second-order valence-electron chi connectivity index (χ2n) is 5.67. The summed E-state index contributed by atoms with van der Waals surface area (Å²) in [6.07, 6.45) is 1.76. The van der Waals surface area contributed by atoms with Gasteiger partial charge in [-0.1, -0.05) is 36.7 Å². The highest BCUT2D eigenvalue weighted by Gasteiger charge is 2.19. The molecular weight excluding hydrogens is 330 g/mol. The van der Waals surface area contributed by atoms with Gasteiger partial charge in [-0.15, -0.1) is 0 Å². The lowest BCUT2D eigenvalue weighted by Gasteiger charge is -2.15. The molecule has 0 amide bonds. The van der Waals surface area contributed by atoms with Crippen molar-refractivity contribution < 1.29 is 0 Å². The van der Waals surface area contributed by atoms with Crippen LogP contribution in [-0.4, -0.2) is 9.36 Å². The Hall–Kier alpha value is -1.49. The van der Waals surface area contributed by atoms with Gasteiger partial charge in [0.25, 0.3) is 5.56 Å². The van der Waals surface area contributed by atoms with Crippen molar-refractivity contribution in [2.24, 2.45) is 5.92 Å². The highest BCUT2D eigenvalue weighted by molar-refractivity contribution is 9.10. The van der Waals surface area contributed by atoms with Gasteiger partial charge in [-0.3, -0.25) is 9.48 Å². The summed E-state index contributed by atoms with van der Waals surface area (Å²) in [5.41, 5.74) is 8.13. The quantitative estimate of drug-likeness (QED) is 0.894. The van der Waals surface area contributed by atoms with Crippen LogP contribution in [0, 0.1) is 5.92 Å². The van der Waals surface area contributed by atoms with E-state index in [0.29, 0.717) is 11.6 Å². The molecule has 2 aromatic rings. The van der Waals surface area contributed by atoms with E-state index in [9.17, 15) is 4.79 Å². The van der Waals surface area contributed by atoms with Crippen molar-refractivity contribution in [1.82, 2.24) is 9.36 Å². The van der Waals surface area contributed by atoms with Gasteiger partial charge in [0.05, 0.1) is 11.4 Å². The molecule has 0 saturated heterocycles. The molecule has 1 aromatic heterocycles. The van der Waals surface area contributed by atoms with Gasteiger partial charge in [-0.05, 0) is 43.0 Å². The third-order valence-electron chi connectivity index (χ3n) is 3.39. The molecule has 0 saturated carbocycles. The van der Waals surface area contributed by atoms with E-state index in [2.05, 4.69) is 36.7 Å². The minimum atomic E-state index is -0.124. The van der Waals surface area contributed by atoms with Gasteiger partial charge in [0.1, 0.15) is 5.69 Å². The molecule has 0 aliphatic carbocycles. The van der Waals surface area contributed by atoms with Crippen LogP contribution in [0.5, 0.6) is 0 Å². The summed E-state index contributed by atoms with van der Waals surface area (Å²) in [6, 6.07) is 7.72. The van der Waals surface area contributed by atoms with Gasteiger partial charge in [0.15, 0.2) is 0 Å². The van der Waals surface area contributed by atoms with E-state index in [-0.39, 0.29) is 5.56 Å². The SMILES string of the molecule is CCCn1c(CC(C)C)c(N)c(=O)n1-c1ccc(Br)cc1. The number of hydrogen-bond donors (Lipinski definition) is 1. The topological polar surface area (TPSA) is 52.9 Å². The molecule has 0 atom stereocenters. The van der Waals surface area contributed by atoms with Gasteiger partial charge < -0.3 is 5.73 Å². The van der Waals surface area contributed by atoms with Crippen LogP contribution in [0.4, 0.5) is 5.69 Å². The first-order valence-electron chi connectivity index (χ1n) is 7.31. The first kappa shape index (κ1) is 15.9. The summed E-state index contributed by atoms with van der Waals surface area (Å²) < 4.78 is 4.72. The van der Waals surface area contributed by atoms with Crippen LogP contribution < -0.4 is 11.3 Å². The third kappa shape index (κ3) is 3.23. The van der Waals surface area contributed by atoms with E-state index >= 15 is 0 Å². The standard InChI is InChI=1S/C16H22BrN3O/c1-4-9-19-14(10-11(2)3)15(18)16(21)20(19)13-7-5-12(17)6-8-13/h5-8,11H,4,9-10,18H2,1-3H3. The van der Waals surface area contributed by atoms with E-state index in [1.807, 2.05) is 28.9 Å². The third-order valence-corrected chi connectivity index (χ3v) is 3.92. The number of benzene rings is 1. The molecule has 0 spiro atoms. The summed E-state index contributed by atoms with van der Waals surface area (Å²) in [6.45, 7) is 7.16. The first-order chi connectivity index (χ1) is 9.95. The Kier molecular flexibility index (Phi) is 4.93. The number of halogens is 1. The van der Waals surface area contributed by atoms with Gasteiger partial charge in [-0.25, -0.2) is 4.68 Å². The highest BCUT2D eigenvalue weighted by Crippen LogP contribution is 2.19. The lowest BCUT2D eigenvalue weighted by molar-refractivity contribution is 0.494. The fourth-order valence-corrected chi connectivity index (χ4v) is 2.76. The fourth-order valence-electron chi connectivity index (χ4n) is 2.49. The number of nitrogens with two attached hydrogens (primary N) is 1. The van der Waals surface area contributed by atoms with Crippen molar-refractivity contribution in [2.45, 2.75) is 40.2 Å². The zero-order valence-electron chi connectivity index (χ0n) is 12.8. The molecular formula is C16H22BrN3O. The molecule has 1 aromatic carbocycles. The molecule has 0 unspecified atom stereocenters. The average Bonchev–Trinajstić information content (AvgIpc) is 2.65. The summed E-state index contributed by atoms with van der Waals surface area (Å²) in [5, 5.41) is 0. The van der Waals surface area contributed by atoms with Crippen LogP contribution in [0.25, 0.3) is 5.69 Å². The van der Waals surface area contributed by atoms with Crippen molar-refractivity contribution in [3.8, 4) is 5.69 Å². The van der Waals surface area contributed by atoms with E-state index in [0.717, 1.165) is 35.2 Å². The Balaban J connectivity index is 2.64. The molecule has 2 N–H and O–H groups in total. The maximum absolute atomic E-state index is 12.6. The Morgan fingerprint density at radius 1 is 1.24 bits per heavy atom. The molecule has 0 fully saturated rings. The van der Waals surface area contributed by atoms with E-state index < -0.39 is 0 Å². The molecule has 2 rings (SSSR count). The maximum atomic E-state index is 12.6. The molecule has 4 nitrogen and oxygen atoms in total. The summed E-state index contributed by atoms with van der Waals surface area (Å²) in [7, 11) is 0. The number of nitrogens with zero attached hydrogens (tertiary/aromatic N) is 2. The number of anilines is 1. The van der Waals surface area contributed by atoms with Crippen LogP contribution >= 0.6 is 15.9 Å². The lowest BCUT2D eigenvalue weighted by Crippen LogP contribution is -2.22. The average molecular weight is 352 g/mol. The Bertz CT molecular complexity index is 668. The van der Waals surface area contributed by atoms with Crippen molar-refractivity contribution in [2.75, 3.05) is 5.73 Å². The largest absolute Gasteiger partial charge is 0.393 e. The van der Waals surface area contributed by atoms with Crippen molar-refractivity contribution in [3.05, 3.63) is 44.8 Å². The van der Waals surface area contributed by atoms with Crippen LogP contribution in [0.15, 0.2) is 33.5 Å². The first-order valence-corrected chi connectivity index (χ1v) is 8.11. The fraction of sp³-hybridized carbons (Fsp3) is 0.438. The molecule has 0 aliphatic rings. The van der Waals surface area contributed by atoms with E-state index in [1.54, 1.807) is 4.68 Å². The minimum Gasteiger partial charge on any atom is -0.393 e. The van der Waals surface area contributed by atoms with Crippen molar-refractivity contribution >= 4 is 21.6 Å². The van der Waals surface area contributed by atoms with Crippen LogP contribution in [0.3, 0.4) is 0 Å². The molecule has 21 heavy (non-hydrogen) atoms. The normalized spacial score (nSPS) is 11.3. The molecule has 1 heterocycles. The second kappa shape index (κ2) is 6.52. The van der Waals surface area contributed by atoms with Gasteiger partial charge in [0.2, 0.25) is 0 Å². The molecule has 0 bridgehead atoms. The van der Waals surface area contributed by atoms with Gasteiger partial charge in [0, 0.05) is 11.0 Å². The minimum absolute atomic E-state index is 0.124. The molecule has 0 aliphatic heterocycles. The van der Waals surface area contributed by atoms with Crippen molar-refractivity contribution in [3.63, 3.8) is 0 Å². The number of hydrogen-bond acceptors (Lipinski definition) is 2. The molecule has 5 heteroatoms.